The second-order valence-corrected chi connectivity index (χ2v) is 12.0. The molecule has 0 bridgehead atoms. The van der Waals surface area contributed by atoms with E-state index in [1.807, 2.05) is 13.8 Å². The van der Waals surface area contributed by atoms with Crippen LogP contribution in [0.25, 0.3) is 32.6 Å². The average Bonchev–Trinajstić information content (AvgIpc) is 3.03. The van der Waals surface area contributed by atoms with Gasteiger partial charge >= 0.3 is 0 Å². The fourth-order valence-corrected chi connectivity index (χ4v) is 6.75. The zero-order valence-corrected chi connectivity index (χ0v) is 26.6. The predicted octanol–water partition coefficient (Wildman–Crippen LogP) is 8.16. The first-order valence-electron chi connectivity index (χ1n) is 16.7. The first-order chi connectivity index (χ1) is 20.7. The first-order valence-corrected chi connectivity index (χ1v) is 16.7. The Balaban J connectivity index is 0.00000173. The molecule has 6 rings (SSSR count). The topological polar surface area (TPSA) is 56.3 Å². The molecule has 4 aromatic rings. The standard InChI is InChI=1S/C34H46N6.C2H6/c1-25-23-31(35-15-9-21-39-17-5-3-6-18-39)29-13-12-28-27(33(29)37-25)11-14-30-32(24-26(2)38-34(28)30)36-16-10-22-40-19-7-4-8-20-40;1-2/h11-14,23-24H,3-10,15-22H2,1-2H3,(H,35,37)(H,36,38);1-2H3. The maximum absolute atomic E-state index is 5.03. The molecule has 2 fully saturated rings. The van der Waals surface area contributed by atoms with Crippen molar-refractivity contribution in [1.82, 2.24) is 19.8 Å². The Morgan fingerprint density at radius 2 is 0.952 bits per heavy atom. The van der Waals surface area contributed by atoms with Crippen LogP contribution in [0.5, 0.6) is 0 Å². The molecule has 42 heavy (non-hydrogen) atoms. The number of nitrogens with zero attached hydrogens (tertiary/aromatic N) is 4. The number of fused-ring (bicyclic) bond motifs is 5. The van der Waals surface area contributed by atoms with E-state index < -0.39 is 0 Å². The molecule has 2 saturated heterocycles. The van der Waals surface area contributed by atoms with Crippen LogP contribution < -0.4 is 10.6 Å². The maximum Gasteiger partial charge on any atom is 0.0805 e. The minimum absolute atomic E-state index is 0.984. The first kappa shape index (κ1) is 30.5. The molecule has 0 spiro atoms. The van der Waals surface area contributed by atoms with Gasteiger partial charge in [-0.2, -0.15) is 0 Å². The molecule has 2 aromatic carbocycles. The third kappa shape index (κ3) is 7.33. The number of hydrogen-bond donors (Lipinski definition) is 2. The van der Waals surface area contributed by atoms with E-state index in [1.54, 1.807) is 0 Å². The Morgan fingerprint density at radius 3 is 1.36 bits per heavy atom. The second-order valence-electron chi connectivity index (χ2n) is 12.0. The lowest BCUT2D eigenvalue weighted by Gasteiger charge is -2.26. The summed E-state index contributed by atoms with van der Waals surface area (Å²) in [6.07, 6.45) is 10.5. The number of rotatable bonds is 10. The molecule has 0 aliphatic carbocycles. The average molecular weight is 569 g/mol. The van der Waals surface area contributed by atoms with Crippen molar-refractivity contribution in [2.45, 2.75) is 79.1 Å². The van der Waals surface area contributed by atoms with Gasteiger partial charge < -0.3 is 20.4 Å². The van der Waals surface area contributed by atoms with Crippen molar-refractivity contribution >= 4 is 44.0 Å². The lowest BCUT2D eigenvalue weighted by Crippen LogP contribution is -2.31. The normalized spacial score (nSPS) is 16.5. The third-order valence-corrected chi connectivity index (χ3v) is 8.84. The van der Waals surface area contributed by atoms with E-state index in [-0.39, 0.29) is 0 Å². The number of aromatic nitrogens is 2. The van der Waals surface area contributed by atoms with Gasteiger partial charge in [0.15, 0.2) is 0 Å². The van der Waals surface area contributed by atoms with Crippen molar-refractivity contribution in [3.8, 4) is 0 Å². The lowest BCUT2D eigenvalue weighted by atomic mass is 10.0. The van der Waals surface area contributed by atoms with Crippen LogP contribution in [-0.4, -0.2) is 72.1 Å². The van der Waals surface area contributed by atoms with Gasteiger partial charge in [-0.25, -0.2) is 0 Å². The molecule has 0 atom stereocenters. The van der Waals surface area contributed by atoms with E-state index in [2.05, 4.69) is 70.7 Å². The number of aryl methyl sites for hydroxylation is 2. The summed E-state index contributed by atoms with van der Waals surface area (Å²) in [5.41, 5.74) is 6.61. The molecule has 226 valence electrons. The number of piperidine rings is 2. The Hall–Kier alpha value is -2.96. The van der Waals surface area contributed by atoms with Crippen LogP contribution in [0.3, 0.4) is 0 Å². The highest BCUT2D eigenvalue weighted by atomic mass is 15.1. The van der Waals surface area contributed by atoms with Gasteiger partial charge in [-0.3, -0.25) is 9.97 Å². The van der Waals surface area contributed by atoms with Gasteiger partial charge in [0.1, 0.15) is 0 Å². The maximum atomic E-state index is 5.03. The van der Waals surface area contributed by atoms with Crippen molar-refractivity contribution in [1.29, 1.82) is 0 Å². The van der Waals surface area contributed by atoms with Gasteiger partial charge in [-0.05, 0) is 104 Å². The number of pyridine rings is 2. The molecule has 0 amide bonds. The highest BCUT2D eigenvalue weighted by Crippen LogP contribution is 2.35. The minimum atomic E-state index is 0.984. The number of hydrogen-bond acceptors (Lipinski definition) is 6. The number of anilines is 2. The van der Waals surface area contributed by atoms with Gasteiger partial charge in [-0.15, -0.1) is 0 Å². The largest absolute Gasteiger partial charge is 0.384 e. The fourth-order valence-electron chi connectivity index (χ4n) is 6.75. The van der Waals surface area contributed by atoms with Gasteiger partial charge in [-0.1, -0.05) is 51.0 Å². The van der Waals surface area contributed by atoms with Crippen LogP contribution in [-0.2, 0) is 0 Å². The molecule has 2 aliphatic heterocycles. The summed E-state index contributed by atoms with van der Waals surface area (Å²) in [6, 6.07) is 13.4. The van der Waals surface area contributed by atoms with Crippen LogP contribution in [0.2, 0.25) is 0 Å². The number of nitrogens with one attached hydrogen (secondary N) is 2. The summed E-state index contributed by atoms with van der Waals surface area (Å²) in [6.45, 7) is 17.6. The van der Waals surface area contributed by atoms with E-state index in [9.17, 15) is 0 Å². The van der Waals surface area contributed by atoms with E-state index in [4.69, 9.17) is 9.97 Å². The summed E-state index contributed by atoms with van der Waals surface area (Å²) in [4.78, 5) is 15.3. The fraction of sp³-hybridized carbons (Fsp3) is 0.556. The Morgan fingerprint density at radius 1 is 0.571 bits per heavy atom. The summed E-state index contributed by atoms with van der Waals surface area (Å²) in [5, 5.41) is 12.2. The van der Waals surface area contributed by atoms with E-state index >= 15 is 0 Å². The van der Waals surface area contributed by atoms with Crippen molar-refractivity contribution in [2.24, 2.45) is 0 Å². The highest BCUT2D eigenvalue weighted by molar-refractivity contribution is 6.18. The van der Waals surface area contributed by atoms with E-state index in [0.29, 0.717) is 0 Å². The molecule has 4 heterocycles. The van der Waals surface area contributed by atoms with Crippen LogP contribution in [0.15, 0.2) is 36.4 Å². The van der Waals surface area contributed by atoms with Crippen molar-refractivity contribution in [2.75, 3.05) is 63.0 Å². The zero-order chi connectivity index (χ0) is 29.3. The Labute approximate surface area is 253 Å². The van der Waals surface area contributed by atoms with Crippen LogP contribution in [0.1, 0.15) is 76.6 Å². The van der Waals surface area contributed by atoms with E-state index in [1.165, 1.54) is 111 Å². The third-order valence-electron chi connectivity index (χ3n) is 8.84. The molecule has 2 aliphatic rings. The molecule has 6 nitrogen and oxygen atoms in total. The number of likely N-dealkylation sites (tertiary alicyclic amines) is 2. The van der Waals surface area contributed by atoms with Gasteiger partial charge in [0.05, 0.1) is 11.0 Å². The van der Waals surface area contributed by atoms with Crippen LogP contribution in [0, 0.1) is 13.8 Å². The summed E-state index contributed by atoms with van der Waals surface area (Å²) in [5.74, 6) is 0. The minimum Gasteiger partial charge on any atom is -0.384 e. The highest BCUT2D eigenvalue weighted by Gasteiger charge is 2.14. The Kier molecular flexibility index (Phi) is 10.9. The molecule has 0 radical (unpaired) electrons. The Bertz CT molecular complexity index is 1340. The smallest absolute Gasteiger partial charge is 0.0805 e. The molecule has 6 heteroatoms. The van der Waals surface area contributed by atoms with Crippen LogP contribution >= 0.6 is 0 Å². The zero-order valence-electron chi connectivity index (χ0n) is 26.6. The molecular weight excluding hydrogens is 516 g/mol. The van der Waals surface area contributed by atoms with Crippen molar-refractivity contribution in [3.63, 3.8) is 0 Å². The van der Waals surface area contributed by atoms with Gasteiger partial charge in [0.25, 0.3) is 0 Å². The van der Waals surface area contributed by atoms with Crippen molar-refractivity contribution < 1.29 is 0 Å². The lowest BCUT2D eigenvalue weighted by molar-refractivity contribution is 0.228. The molecular formula is C36H52N6. The second kappa shape index (κ2) is 15.0. The molecule has 2 N–H and O–H groups in total. The SMILES string of the molecule is CC.Cc1cc(NCCCN2CCCCC2)c2ccc3c(ccc4c(NCCCN5CCCCC5)cc(C)nc43)c2n1. The molecule has 0 unspecified atom stereocenters. The van der Waals surface area contributed by atoms with Crippen LogP contribution in [0.4, 0.5) is 11.4 Å². The predicted molar refractivity (Wildman–Crippen MR) is 182 cm³/mol. The summed E-state index contributed by atoms with van der Waals surface area (Å²) < 4.78 is 0. The van der Waals surface area contributed by atoms with Gasteiger partial charge in [0, 0.05) is 57.4 Å². The summed E-state index contributed by atoms with van der Waals surface area (Å²) in [7, 11) is 0. The van der Waals surface area contributed by atoms with Crippen molar-refractivity contribution in [3.05, 3.63) is 47.8 Å². The molecule has 2 aromatic heterocycles. The van der Waals surface area contributed by atoms with Gasteiger partial charge in [0.2, 0.25) is 0 Å². The number of benzene rings is 2. The monoisotopic (exact) mass is 568 g/mol. The van der Waals surface area contributed by atoms with E-state index in [0.717, 1.165) is 48.4 Å². The molecule has 0 saturated carbocycles. The quantitative estimate of drug-likeness (QED) is 0.149. The summed E-state index contributed by atoms with van der Waals surface area (Å²) >= 11 is 0.